The highest BCUT2D eigenvalue weighted by Crippen LogP contribution is 2.38. The van der Waals surface area contributed by atoms with Gasteiger partial charge in [0.15, 0.2) is 5.17 Å². The fourth-order valence-corrected chi connectivity index (χ4v) is 5.87. The first-order valence-electron chi connectivity index (χ1n) is 11.3. The molecular formula is C23H30N4O4S. The van der Waals surface area contributed by atoms with Crippen LogP contribution in [0.15, 0.2) is 29.3 Å². The fourth-order valence-electron chi connectivity index (χ4n) is 4.75. The Morgan fingerprint density at radius 3 is 2.81 bits per heavy atom. The molecule has 0 bridgehead atoms. The Balaban J connectivity index is 1.54. The summed E-state index contributed by atoms with van der Waals surface area (Å²) in [5, 5.41) is 3.47. The number of carbonyl (C=O) groups excluding carboxylic acids is 3. The molecule has 4 amide bonds. The Labute approximate surface area is 192 Å². The van der Waals surface area contributed by atoms with Crippen LogP contribution in [0, 0.1) is 5.92 Å². The van der Waals surface area contributed by atoms with E-state index < -0.39 is 11.6 Å². The number of nitrogens with zero attached hydrogens (tertiary/aromatic N) is 3. The third-order valence-corrected chi connectivity index (χ3v) is 7.74. The lowest BCUT2D eigenvalue weighted by atomic mass is 9.73. The molecule has 1 spiro atoms. The number of carbonyl (C=O) groups is 3. The van der Waals surface area contributed by atoms with Gasteiger partial charge in [0.1, 0.15) is 23.5 Å². The van der Waals surface area contributed by atoms with Gasteiger partial charge in [0.25, 0.3) is 5.91 Å². The number of rotatable bonds is 5. The first-order chi connectivity index (χ1) is 15.4. The predicted octanol–water partition coefficient (Wildman–Crippen LogP) is 3.54. The van der Waals surface area contributed by atoms with Crippen molar-refractivity contribution in [2.75, 3.05) is 18.9 Å². The second-order valence-corrected chi connectivity index (χ2v) is 9.65. The van der Waals surface area contributed by atoms with Crippen molar-refractivity contribution < 1.29 is 19.1 Å². The molecule has 2 aliphatic heterocycles. The zero-order valence-electron chi connectivity index (χ0n) is 18.8. The first kappa shape index (κ1) is 22.6. The summed E-state index contributed by atoms with van der Waals surface area (Å²) in [6, 6.07) is 6.87. The Morgan fingerprint density at radius 1 is 1.28 bits per heavy atom. The van der Waals surface area contributed by atoms with Gasteiger partial charge in [0, 0.05) is 11.8 Å². The van der Waals surface area contributed by atoms with E-state index in [2.05, 4.69) is 5.32 Å². The van der Waals surface area contributed by atoms with Gasteiger partial charge in [-0.05, 0) is 44.7 Å². The lowest BCUT2D eigenvalue weighted by molar-refractivity contribution is -0.139. The zero-order chi connectivity index (χ0) is 22.9. The number of ether oxygens (including phenoxy) is 1. The maximum atomic E-state index is 13.3. The van der Waals surface area contributed by atoms with Crippen LogP contribution in [-0.4, -0.2) is 63.3 Å². The fraction of sp³-hybridized carbons (Fsp3) is 0.565. The number of amides is 4. The molecule has 3 atom stereocenters. The molecule has 172 valence electrons. The van der Waals surface area contributed by atoms with Crippen LogP contribution in [0.2, 0.25) is 0 Å². The van der Waals surface area contributed by atoms with Crippen LogP contribution in [0.4, 0.5) is 10.5 Å². The number of hydrogen-bond donors (Lipinski definition) is 1. The van der Waals surface area contributed by atoms with Crippen molar-refractivity contribution in [2.45, 2.75) is 58.0 Å². The van der Waals surface area contributed by atoms with E-state index in [1.54, 1.807) is 4.90 Å². The van der Waals surface area contributed by atoms with Gasteiger partial charge in [-0.2, -0.15) is 0 Å². The SMILES string of the molecule is CCOc1ccccc1N=C1SCC(C)N1C(=O)CN1C(=O)NC2(CCCCC2C)C1=O. The first-order valence-corrected chi connectivity index (χ1v) is 12.3. The van der Waals surface area contributed by atoms with Crippen LogP contribution in [0.25, 0.3) is 0 Å². The van der Waals surface area contributed by atoms with Gasteiger partial charge in [-0.15, -0.1) is 0 Å². The van der Waals surface area contributed by atoms with Crippen molar-refractivity contribution in [1.29, 1.82) is 0 Å². The Hall–Kier alpha value is -2.55. The highest BCUT2D eigenvalue weighted by atomic mass is 32.2. The summed E-state index contributed by atoms with van der Waals surface area (Å²) >= 11 is 1.49. The molecule has 9 heteroatoms. The van der Waals surface area contributed by atoms with Gasteiger partial charge in [0.05, 0.1) is 6.61 Å². The highest BCUT2D eigenvalue weighted by Gasteiger charge is 2.55. The number of amidine groups is 1. The highest BCUT2D eigenvalue weighted by molar-refractivity contribution is 8.14. The van der Waals surface area contributed by atoms with E-state index in [9.17, 15) is 14.4 Å². The van der Waals surface area contributed by atoms with Gasteiger partial charge >= 0.3 is 6.03 Å². The molecule has 3 aliphatic rings. The van der Waals surface area contributed by atoms with Crippen molar-refractivity contribution in [3.05, 3.63) is 24.3 Å². The molecule has 8 nitrogen and oxygen atoms in total. The minimum absolute atomic E-state index is 0.0567. The molecule has 4 rings (SSSR count). The molecule has 1 aromatic carbocycles. The van der Waals surface area contributed by atoms with E-state index in [-0.39, 0.29) is 30.3 Å². The lowest BCUT2D eigenvalue weighted by Crippen LogP contribution is -2.54. The smallest absolute Gasteiger partial charge is 0.325 e. The summed E-state index contributed by atoms with van der Waals surface area (Å²) in [4.78, 5) is 46.6. The van der Waals surface area contributed by atoms with Crippen LogP contribution >= 0.6 is 11.8 Å². The van der Waals surface area contributed by atoms with Crippen LogP contribution in [0.3, 0.4) is 0 Å². The molecule has 3 fully saturated rings. The third kappa shape index (κ3) is 3.98. The van der Waals surface area contributed by atoms with Crippen molar-refractivity contribution in [3.8, 4) is 5.75 Å². The lowest BCUT2D eigenvalue weighted by Gasteiger charge is -2.36. The number of urea groups is 1. The van der Waals surface area contributed by atoms with Crippen molar-refractivity contribution in [1.82, 2.24) is 15.1 Å². The van der Waals surface area contributed by atoms with Gasteiger partial charge < -0.3 is 10.1 Å². The molecule has 32 heavy (non-hydrogen) atoms. The molecule has 2 heterocycles. The van der Waals surface area contributed by atoms with E-state index >= 15 is 0 Å². The van der Waals surface area contributed by atoms with E-state index in [0.29, 0.717) is 35.4 Å². The van der Waals surface area contributed by atoms with E-state index in [1.807, 2.05) is 45.0 Å². The Morgan fingerprint density at radius 2 is 2.06 bits per heavy atom. The molecule has 0 aromatic heterocycles. The quantitative estimate of drug-likeness (QED) is 0.682. The van der Waals surface area contributed by atoms with E-state index in [4.69, 9.17) is 9.73 Å². The largest absolute Gasteiger partial charge is 0.492 e. The van der Waals surface area contributed by atoms with Crippen LogP contribution < -0.4 is 10.1 Å². The summed E-state index contributed by atoms with van der Waals surface area (Å²) in [7, 11) is 0. The van der Waals surface area contributed by atoms with Gasteiger partial charge in [0.2, 0.25) is 5.91 Å². The summed E-state index contributed by atoms with van der Waals surface area (Å²) in [6.07, 6.45) is 3.47. The van der Waals surface area contributed by atoms with Crippen LogP contribution in [-0.2, 0) is 9.59 Å². The number of para-hydroxylation sites is 2. The second kappa shape index (κ2) is 9.13. The average molecular weight is 459 g/mol. The molecular weight excluding hydrogens is 428 g/mol. The molecule has 1 N–H and O–H groups in total. The number of hydrogen-bond acceptors (Lipinski definition) is 6. The average Bonchev–Trinajstić information content (AvgIpc) is 3.24. The van der Waals surface area contributed by atoms with E-state index in [0.717, 1.165) is 24.2 Å². The number of aliphatic imine (C=N–C) groups is 1. The van der Waals surface area contributed by atoms with Gasteiger partial charge in [-0.1, -0.05) is 43.7 Å². The van der Waals surface area contributed by atoms with Crippen molar-refractivity contribution >= 4 is 40.5 Å². The zero-order valence-corrected chi connectivity index (χ0v) is 19.6. The predicted molar refractivity (Wildman–Crippen MR) is 124 cm³/mol. The minimum atomic E-state index is -0.867. The normalized spacial score (nSPS) is 29.2. The summed E-state index contributed by atoms with van der Waals surface area (Å²) in [5.41, 5.74) is -0.220. The number of imide groups is 1. The topological polar surface area (TPSA) is 91.3 Å². The van der Waals surface area contributed by atoms with Crippen LogP contribution in [0.1, 0.15) is 46.5 Å². The molecule has 3 unspecified atom stereocenters. The van der Waals surface area contributed by atoms with Gasteiger partial charge in [-0.3, -0.25) is 19.4 Å². The summed E-state index contributed by atoms with van der Waals surface area (Å²) in [5.74, 6) is 0.822. The number of thioether (sulfide) groups is 1. The van der Waals surface area contributed by atoms with Crippen LogP contribution in [0.5, 0.6) is 5.75 Å². The minimum Gasteiger partial charge on any atom is -0.492 e. The number of benzene rings is 1. The molecule has 1 saturated carbocycles. The standard InChI is InChI=1S/C23H30N4O4S/c1-4-31-18-11-6-5-10-17(18)24-22-27(16(3)14-32-22)19(28)13-26-20(29)23(25-21(26)30)12-8-7-9-15(23)2/h5-6,10-11,15-16H,4,7-9,12-14H2,1-3H3,(H,25,30). The summed E-state index contributed by atoms with van der Waals surface area (Å²) < 4.78 is 5.65. The van der Waals surface area contributed by atoms with E-state index in [1.165, 1.54) is 11.8 Å². The molecule has 0 radical (unpaired) electrons. The maximum Gasteiger partial charge on any atom is 0.325 e. The molecule has 2 saturated heterocycles. The second-order valence-electron chi connectivity index (χ2n) is 8.66. The summed E-state index contributed by atoms with van der Waals surface area (Å²) in [6.45, 7) is 6.08. The third-order valence-electron chi connectivity index (χ3n) is 6.55. The van der Waals surface area contributed by atoms with Crippen molar-refractivity contribution in [2.24, 2.45) is 10.9 Å². The number of nitrogens with one attached hydrogen (secondary N) is 1. The maximum absolute atomic E-state index is 13.3. The molecule has 1 aliphatic carbocycles. The van der Waals surface area contributed by atoms with Gasteiger partial charge in [-0.25, -0.2) is 9.79 Å². The monoisotopic (exact) mass is 458 g/mol. The molecule has 1 aromatic rings. The Kier molecular flexibility index (Phi) is 6.46. The van der Waals surface area contributed by atoms with Crippen molar-refractivity contribution in [3.63, 3.8) is 0 Å². The Bertz CT molecular complexity index is 952.